The van der Waals surface area contributed by atoms with Crippen LogP contribution in [0.25, 0.3) is 6.08 Å². The van der Waals surface area contributed by atoms with Gasteiger partial charge in [-0.2, -0.15) is 5.10 Å². The first-order valence-electron chi connectivity index (χ1n) is 8.51. The van der Waals surface area contributed by atoms with E-state index < -0.39 is 0 Å². The van der Waals surface area contributed by atoms with Gasteiger partial charge in [0.25, 0.3) is 0 Å². The number of rotatable bonds is 5. The first-order chi connectivity index (χ1) is 11.7. The molecule has 4 rings (SSSR count). The van der Waals surface area contributed by atoms with Crippen molar-refractivity contribution < 1.29 is 4.74 Å². The van der Waals surface area contributed by atoms with Crippen LogP contribution in [-0.2, 0) is 11.3 Å². The molecule has 24 heavy (non-hydrogen) atoms. The minimum absolute atomic E-state index is 0.413. The van der Waals surface area contributed by atoms with Gasteiger partial charge >= 0.3 is 0 Å². The number of aromatic nitrogens is 2. The molecule has 1 spiro atoms. The van der Waals surface area contributed by atoms with Gasteiger partial charge in [-0.15, -0.1) is 0 Å². The molecule has 126 valence electrons. The summed E-state index contributed by atoms with van der Waals surface area (Å²) in [6.07, 6.45) is 4.92. The Labute approximate surface area is 142 Å². The molecule has 2 aromatic rings. The molecule has 2 saturated heterocycles. The van der Waals surface area contributed by atoms with Crippen LogP contribution in [0.2, 0.25) is 0 Å². The van der Waals surface area contributed by atoms with Gasteiger partial charge in [-0.05, 0) is 24.1 Å². The molecule has 0 saturated carbocycles. The van der Waals surface area contributed by atoms with Crippen LogP contribution in [0.5, 0.6) is 0 Å². The van der Waals surface area contributed by atoms with Gasteiger partial charge in [0.05, 0.1) is 26.0 Å². The average Bonchev–Trinajstić information content (AvgIpc) is 3.19. The lowest BCUT2D eigenvalue weighted by Crippen LogP contribution is -2.44. The summed E-state index contributed by atoms with van der Waals surface area (Å²) in [6.45, 7) is 8.67. The largest absolute Gasteiger partial charge is 0.380 e. The van der Waals surface area contributed by atoms with Gasteiger partial charge in [0, 0.05) is 36.8 Å². The number of hydrogen-bond acceptors (Lipinski definition) is 4. The monoisotopic (exact) mass is 324 g/mol. The number of nitrogens with one attached hydrogen (secondary N) is 1. The Hall–Kier alpha value is -2.27. The van der Waals surface area contributed by atoms with Crippen molar-refractivity contribution in [1.82, 2.24) is 9.78 Å². The fraction of sp³-hybridized carbons (Fsp3) is 0.421. The normalized spacial score (nSPS) is 18.6. The molecular weight excluding hydrogens is 300 g/mol. The fourth-order valence-electron chi connectivity index (χ4n) is 3.75. The molecular formula is C19H24N4O. The van der Waals surface area contributed by atoms with Gasteiger partial charge in [-0.1, -0.05) is 24.8 Å². The molecule has 0 radical (unpaired) electrons. The van der Waals surface area contributed by atoms with E-state index in [0.717, 1.165) is 44.2 Å². The van der Waals surface area contributed by atoms with Crippen LogP contribution >= 0.6 is 0 Å². The van der Waals surface area contributed by atoms with Crippen molar-refractivity contribution in [2.75, 3.05) is 43.6 Å². The topological polar surface area (TPSA) is 42.3 Å². The molecule has 5 heteroatoms. The van der Waals surface area contributed by atoms with E-state index in [4.69, 9.17) is 4.74 Å². The van der Waals surface area contributed by atoms with Crippen LogP contribution in [0.3, 0.4) is 0 Å². The van der Waals surface area contributed by atoms with Crippen LogP contribution in [-0.4, -0.2) is 43.1 Å². The summed E-state index contributed by atoms with van der Waals surface area (Å²) >= 11 is 0. The molecule has 0 aliphatic carbocycles. The smallest absolute Gasteiger partial charge is 0.131 e. The van der Waals surface area contributed by atoms with Crippen LogP contribution in [0, 0.1) is 5.41 Å². The van der Waals surface area contributed by atoms with Crippen LogP contribution in [0.15, 0.2) is 37.0 Å². The van der Waals surface area contributed by atoms with Gasteiger partial charge in [0.2, 0.25) is 0 Å². The second kappa shape index (κ2) is 5.98. The van der Waals surface area contributed by atoms with Crippen molar-refractivity contribution in [2.24, 2.45) is 5.41 Å². The Kier molecular flexibility index (Phi) is 3.81. The van der Waals surface area contributed by atoms with Crippen molar-refractivity contribution in [1.29, 1.82) is 0 Å². The average molecular weight is 324 g/mol. The lowest BCUT2D eigenvalue weighted by molar-refractivity contribution is -0.0985. The highest BCUT2D eigenvalue weighted by Gasteiger charge is 2.44. The molecule has 0 unspecified atom stereocenters. The molecule has 1 N–H and O–H groups in total. The zero-order valence-corrected chi connectivity index (χ0v) is 14.2. The Balaban J connectivity index is 1.53. The van der Waals surface area contributed by atoms with E-state index >= 15 is 0 Å². The van der Waals surface area contributed by atoms with Crippen LogP contribution in [0.4, 0.5) is 11.5 Å². The van der Waals surface area contributed by atoms with Crippen molar-refractivity contribution in [3.05, 3.63) is 48.2 Å². The molecule has 0 bridgehead atoms. The van der Waals surface area contributed by atoms with Crippen molar-refractivity contribution in [3.8, 4) is 0 Å². The number of hydrogen-bond donors (Lipinski definition) is 1. The molecule has 5 nitrogen and oxygen atoms in total. The van der Waals surface area contributed by atoms with Gasteiger partial charge in [0.1, 0.15) is 5.82 Å². The van der Waals surface area contributed by atoms with E-state index in [9.17, 15) is 0 Å². The maximum atomic E-state index is 5.43. The maximum absolute atomic E-state index is 5.43. The maximum Gasteiger partial charge on any atom is 0.131 e. The second-order valence-corrected chi connectivity index (χ2v) is 6.89. The third-order valence-corrected chi connectivity index (χ3v) is 5.19. The lowest BCUT2D eigenvalue weighted by Gasteiger charge is -2.37. The lowest BCUT2D eigenvalue weighted by atomic mass is 9.85. The Morgan fingerprint density at radius 1 is 1.42 bits per heavy atom. The molecule has 2 fully saturated rings. The number of benzene rings is 1. The van der Waals surface area contributed by atoms with E-state index in [2.05, 4.69) is 46.2 Å². The second-order valence-electron chi connectivity index (χ2n) is 6.89. The summed E-state index contributed by atoms with van der Waals surface area (Å²) in [5.74, 6) is 1.00. The standard InChI is InChI=1S/C19H24N4O/c1-3-16-10-21-23(18(16)20-2)11-15-5-4-6-17(9-15)22-8-7-19(12-22)13-24-14-19/h3-6,9-10,20H,1,7-8,11-14H2,2H3. The van der Waals surface area contributed by atoms with E-state index in [0.29, 0.717) is 5.41 Å². The third kappa shape index (κ3) is 2.59. The summed E-state index contributed by atoms with van der Waals surface area (Å²) < 4.78 is 7.42. The predicted molar refractivity (Wildman–Crippen MR) is 97.5 cm³/mol. The number of ether oxygens (including phenoxy) is 1. The fourth-order valence-corrected chi connectivity index (χ4v) is 3.75. The molecule has 1 aromatic heterocycles. The summed E-state index contributed by atoms with van der Waals surface area (Å²) in [5, 5.41) is 7.69. The quantitative estimate of drug-likeness (QED) is 0.918. The molecule has 0 atom stereocenters. The zero-order valence-electron chi connectivity index (χ0n) is 14.2. The summed E-state index contributed by atoms with van der Waals surface area (Å²) in [4.78, 5) is 2.49. The highest BCUT2D eigenvalue weighted by atomic mass is 16.5. The Morgan fingerprint density at radius 3 is 2.96 bits per heavy atom. The molecule has 1 aromatic carbocycles. The molecule has 0 amide bonds. The summed E-state index contributed by atoms with van der Waals surface area (Å²) in [5.41, 5.74) is 4.00. The van der Waals surface area contributed by atoms with E-state index in [1.807, 2.05) is 24.0 Å². The number of nitrogens with zero attached hydrogens (tertiary/aromatic N) is 3. The third-order valence-electron chi connectivity index (χ3n) is 5.19. The molecule has 2 aliphatic heterocycles. The summed E-state index contributed by atoms with van der Waals surface area (Å²) in [6, 6.07) is 8.80. The van der Waals surface area contributed by atoms with Crippen molar-refractivity contribution in [3.63, 3.8) is 0 Å². The Morgan fingerprint density at radius 2 is 2.29 bits per heavy atom. The van der Waals surface area contributed by atoms with E-state index in [1.165, 1.54) is 17.7 Å². The zero-order chi connectivity index (χ0) is 16.6. The van der Waals surface area contributed by atoms with Gasteiger partial charge in [0.15, 0.2) is 0 Å². The minimum Gasteiger partial charge on any atom is -0.380 e. The minimum atomic E-state index is 0.413. The van der Waals surface area contributed by atoms with Crippen molar-refractivity contribution in [2.45, 2.75) is 13.0 Å². The molecule has 3 heterocycles. The van der Waals surface area contributed by atoms with E-state index in [1.54, 1.807) is 0 Å². The summed E-state index contributed by atoms with van der Waals surface area (Å²) in [7, 11) is 1.92. The predicted octanol–water partition coefficient (Wildman–Crippen LogP) is 2.84. The highest BCUT2D eigenvalue weighted by Crippen LogP contribution is 2.39. The van der Waals surface area contributed by atoms with Gasteiger partial charge in [-0.3, -0.25) is 0 Å². The Bertz CT molecular complexity index is 748. The van der Waals surface area contributed by atoms with Gasteiger partial charge in [-0.25, -0.2) is 4.68 Å². The van der Waals surface area contributed by atoms with Crippen LogP contribution < -0.4 is 10.2 Å². The first kappa shape index (κ1) is 15.3. The van der Waals surface area contributed by atoms with Gasteiger partial charge < -0.3 is 15.0 Å². The number of anilines is 2. The first-order valence-corrected chi connectivity index (χ1v) is 8.51. The van der Waals surface area contributed by atoms with E-state index in [-0.39, 0.29) is 0 Å². The highest BCUT2D eigenvalue weighted by molar-refractivity contribution is 5.61. The SMILES string of the molecule is C=Cc1cnn(Cc2cccc(N3CCC4(COC4)C3)c2)c1NC. The van der Waals surface area contributed by atoms with Crippen molar-refractivity contribution >= 4 is 17.6 Å². The van der Waals surface area contributed by atoms with Crippen LogP contribution in [0.1, 0.15) is 17.5 Å². The molecule has 2 aliphatic rings.